The fourth-order valence-electron chi connectivity index (χ4n) is 0.806. The molecular formula is C10H18ClNO4. The third-order valence-corrected chi connectivity index (χ3v) is 1.80. The Kier molecular flexibility index (Phi) is 12.4. The summed E-state index contributed by atoms with van der Waals surface area (Å²) in [7, 11) is 1.63. The van der Waals surface area contributed by atoms with Crippen molar-refractivity contribution in [2.24, 2.45) is 0 Å². The van der Waals surface area contributed by atoms with Gasteiger partial charge in [-0.05, 0) is 0 Å². The zero-order valence-electron chi connectivity index (χ0n) is 9.49. The van der Waals surface area contributed by atoms with Crippen LogP contribution in [0.25, 0.3) is 0 Å². The maximum absolute atomic E-state index is 8.36. The Labute approximate surface area is 101 Å². The first-order chi connectivity index (χ1) is 7.81. The molecule has 0 amide bonds. The number of ether oxygens (including phenoxy) is 4. The lowest BCUT2D eigenvalue weighted by Crippen LogP contribution is -2.13. The summed E-state index contributed by atoms with van der Waals surface area (Å²) in [5.74, 6) is 0. The lowest BCUT2D eigenvalue weighted by Gasteiger charge is -2.06. The number of nitriles is 1. The lowest BCUT2D eigenvalue weighted by atomic mass is 10.5. The Bertz CT molecular complexity index is 186. The number of rotatable bonds is 11. The Balaban J connectivity index is 2.96. The molecule has 94 valence electrons. The van der Waals surface area contributed by atoms with Crippen molar-refractivity contribution < 1.29 is 18.9 Å². The van der Waals surface area contributed by atoms with Gasteiger partial charge >= 0.3 is 0 Å². The number of halogens is 1. The molecule has 0 heterocycles. The summed E-state index contributed by atoms with van der Waals surface area (Å²) in [5, 5.41) is 7.77. The number of alkyl halides is 1. The van der Waals surface area contributed by atoms with Crippen LogP contribution in [0, 0.1) is 11.3 Å². The quantitative estimate of drug-likeness (QED) is 0.402. The van der Waals surface area contributed by atoms with Gasteiger partial charge in [-0.1, -0.05) is 0 Å². The molecule has 6 heteroatoms. The molecule has 0 N–H and O–H groups in total. The second kappa shape index (κ2) is 12.7. The zero-order valence-corrected chi connectivity index (χ0v) is 10.2. The van der Waals surface area contributed by atoms with Crippen molar-refractivity contribution in [1.29, 1.82) is 5.26 Å². The van der Waals surface area contributed by atoms with E-state index in [1.54, 1.807) is 7.11 Å². The van der Waals surface area contributed by atoms with Gasteiger partial charge in [0, 0.05) is 7.11 Å². The minimum Gasteiger partial charge on any atom is -0.382 e. The number of nitrogens with zero attached hydrogens (tertiary/aromatic N) is 1. The molecule has 0 bridgehead atoms. The van der Waals surface area contributed by atoms with E-state index in [0.29, 0.717) is 39.6 Å². The van der Waals surface area contributed by atoms with Gasteiger partial charge in [-0.25, -0.2) is 0 Å². The van der Waals surface area contributed by atoms with Crippen LogP contribution in [-0.4, -0.2) is 58.7 Å². The Morgan fingerprint density at radius 3 is 2.00 bits per heavy atom. The van der Waals surface area contributed by atoms with Crippen LogP contribution in [0.4, 0.5) is 0 Å². The van der Waals surface area contributed by atoms with Crippen LogP contribution in [-0.2, 0) is 18.9 Å². The first-order valence-corrected chi connectivity index (χ1v) is 5.50. The molecule has 16 heavy (non-hydrogen) atoms. The molecular weight excluding hydrogens is 234 g/mol. The Hall–Kier alpha value is -0.380. The fraction of sp³-hybridized carbons (Fsp3) is 0.900. The Morgan fingerprint density at radius 1 is 1.00 bits per heavy atom. The van der Waals surface area contributed by atoms with Crippen molar-refractivity contribution in [2.45, 2.75) is 5.38 Å². The van der Waals surface area contributed by atoms with Crippen LogP contribution < -0.4 is 0 Å². The largest absolute Gasteiger partial charge is 0.382 e. The molecule has 0 aromatic carbocycles. The summed E-state index contributed by atoms with van der Waals surface area (Å²) in [4.78, 5) is 0. The third kappa shape index (κ3) is 11.7. The standard InChI is InChI=1S/C10H18ClNO4/c1-13-2-3-14-4-5-15-6-7-16-9-10(11)8-12/h10H,2-7,9H2,1H3. The van der Waals surface area contributed by atoms with E-state index in [4.69, 9.17) is 35.8 Å². The molecule has 1 unspecified atom stereocenters. The molecule has 0 saturated carbocycles. The predicted octanol–water partition coefficient (Wildman–Crippen LogP) is 0.814. The maximum atomic E-state index is 8.36. The predicted molar refractivity (Wildman–Crippen MR) is 59.6 cm³/mol. The van der Waals surface area contributed by atoms with E-state index in [1.807, 2.05) is 6.07 Å². The summed E-state index contributed by atoms with van der Waals surface area (Å²) in [6.07, 6.45) is 0. The molecule has 1 atom stereocenters. The third-order valence-electron chi connectivity index (χ3n) is 1.58. The van der Waals surface area contributed by atoms with Crippen LogP contribution in [0.2, 0.25) is 0 Å². The highest BCUT2D eigenvalue weighted by atomic mass is 35.5. The first-order valence-electron chi connectivity index (χ1n) is 5.07. The van der Waals surface area contributed by atoms with Crippen molar-refractivity contribution in [3.05, 3.63) is 0 Å². The summed E-state index contributed by atoms with van der Waals surface area (Å²) in [6.45, 7) is 3.37. The summed E-state index contributed by atoms with van der Waals surface area (Å²) < 4.78 is 20.3. The zero-order chi connectivity index (χ0) is 12.1. The maximum Gasteiger partial charge on any atom is 0.143 e. The summed E-state index contributed by atoms with van der Waals surface area (Å²) >= 11 is 5.52. The number of methoxy groups -OCH3 is 1. The van der Waals surface area contributed by atoms with Gasteiger partial charge in [0.05, 0.1) is 52.3 Å². The van der Waals surface area contributed by atoms with Crippen molar-refractivity contribution in [3.8, 4) is 6.07 Å². The lowest BCUT2D eigenvalue weighted by molar-refractivity contribution is 0.00460. The second-order valence-corrected chi connectivity index (χ2v) is 3.42. The highest BCUT2D eigenvalue weighted by molar-refractivity contribution is 6.22. The average molecular weight is 252 g/mol. The molecule has 0 aliphatic heterocycles. The van der Waals surface area contributed by atoms with Crippen LogP contribution in [0.15, 0.2) is 0 Å². The van der Waals surface area contributed by atoms with Crippen LogP contribution in [0.1, 0.15) is 0 Å². The van der Waals surface area contributed by atoms with Gasteiger partial charge in [-0.3, -0.25) is 0 Å². The smallest absolute Gasteiger partial charge is 0.143 e. The van der Waals surface area contributed by atoms with Gasteiger partial charge in [0.25, 0.3) is 0 Å². The van der Waals surface area contributed by atoms with E-state index in [2.05, 4.69) is 0 Å². The minimum atomic E-state index is -0.586. The molecule has 0 aliphatic carbocycles. The molecule has 0 saturated heterocycles. The normalized spacial score (nSPS) is 12.3. The highest BCUT2D eigenvalue weighted by Gasteiger charge is 2.00. The van der Waals surface area contributed by atoms with Gasteiger partial charge < -0.3 is 18.9 Å². The first kappa shape index (κ1) is 15.6. The van der Waals surface area contributed by atoms with Gasteiger partial charge in [0.2, 0.25) is 0 Å². The van der Waals surface area contributed by atoms with E-state index in [-0.39, 0.29) is 6.61 Å². The average Bonchev–Trinajstić information content (AvgIpc) is 2.31. The molecule has 0 rings (SSSR count). The van der Waals surface area contributed by atoms with Gasteiger partial charge in [0.15, 0.2) is 0 Å². The van der Waals surface area contributed by atoms with Gasteiger partial charge in [0.1, 0.15) is 5.38 Å². The molecule has 0 aromatic rings. The van der Waals surface area contributed by atoms with E-state index in [9.17, 15) is 0 Å². The van der Waals surface area contributed by atoms with Gasteiger partial charge in [-0.15, -0.1) is 11.6 Å². The summed E-state index contributed by atoms with van der Waals surface area (Å²) in [5.41, 5.74) is 0. The van der Waals surface area contributed by atoms with E-state index < -0.39 is 5.38 Å². The van der Waals surface area contributed by atoms with E-state index >= 15 is 0 Å². The van der Waals surface area contributed by atoms with E-state index in [0.717, 1.165) is 0 Å². The van der Waals surface area contributed by atoms with Crippen molar-refractivity contribution in [1.82, 2.24) is 0 Å². The highest BCUT2D eigenvalue weighted by Crippen LogP contribution is 1.93. The molecule has 0 spiro atoms. The van der Waals surface area contributed by atoms with Crippen LogP contribution in [0.3, 0.4) is 0 Å². The molecule has 0 aromatic heterocycles. The topological polar surface area (TPSA) is 60.7 Å². The SMILES string of the molecule is COCCOCCOCCOCC(Cl)C#N. The second-order valence-electron chi connectivity index (χ2n) is 2.89. The Morgan fingerprint density at radius 2 is 1.50 bits per heavy atom. The van der Waals surface area contributed by atoms with Crippen LogP contribution in [0.5, 0.6) is 0 Å². The minimum absolute atomic E-state index is 0.228. The van der Waals surface area contributed by atoms with Crippen molar-refractivity contribution in [3.63, 3.8) is 0 Å². The molecule has 5 nitrogen and oxygen atoms in total. The van der Waals surface area contributed by atoms with Crippen LogP contribution >= 0.6 is 11.6 Å². The molecule has 0 fully saturated rings. The molecule has 0 radical (unpaired) electrons. The van der Waals surface area contributed by atoms with E-state index in [1.165, 1.54) is 0 Å². The number of hydrogen-bond acceptors (Lipinski definition) is 5. The summed E-state index contributed by atoms with van der Waals surface area (Å²) in [6, 6.07) is 1.86. The van der Waals surface area contributed by atoms with Crippen molar-refractivity contribution >= 4 is 11.6 Å². The molecule has 0 aliphatic rings. The number of hydrogen-bond donors (Lipinski definition) is 0. The monoisotopic (exact) mass is 251 g/mol. The van der Waals surface area contributed by atoms with Gasteiger partial charge in [-0.2, -0.15) is 5.26 Å². The van der Waals surface area contributed by atoms with Crippen molar-refractivity contribution in [2.75, 3.05) is 53.4 Å². The fourth-order valence-corrected chi connectivity index (χ4v) is 0.895.